The summed E-state index contributed by atoms with van der Waals surface area (Å²) in [6.45, 7) is 2.16. The maximum Gasteiger partial charge on any atom is 0.333 e. The van der Waals surface area contributed by atoms with Gasteiger partial charge >= 0.3 is 5.97 Å². The molecule has 0 bridgehead atoms. The monoisotopic (exact) mass is 255 g/mol. The van der Waals surface area contributed by atoms with Crippen molar-refractivity contribution in [2.75, 3.05) is 0 Å². The van der Waals surface area contributed by atoms with Crippen LogP contribution in [0, 0.1) is 0 Å². The Balaban J connectivity index is 2.18. The van der Waals surface area contributed by atoms with Crippen LogP contribution in [0.15, 0.2) is 12.1 Å². The minimum absolute atomic E-state index is 0.288. The van der Waals surface area contributed by atoms with E-state index < -0.39 is 5.97 Å². The van der Waals surface area contributed by atoms with E-state index in [0.717, 1.165) is 24.0 Å². The molecule has 0 amide bonds. The molecule has 0 saturated heterocycles. The molecule has 0 aliphatic rings. The highest BCUT2D eigenvalue weighted by Crippen LogP contribution is 2.19. The maximum absolute atomic E-state index is 11.4. The number of aromatic nitrogens is 1. The van der Waals surface area contributed by atoms with E-state index in [1.165, 1.54) is 31.4 Å². The van der Waals surface area contributed by atoms with Gasteiger partial charge in [-0.1, -0.05) is 39.0 Å². The van der Waals surface area contributed by atoms with Crippen LogP contribution in [0.1, 0.15) is 51.9 Å². The molecule has 0 aliphatic carbocycles. The van der Waals surface area contributed by atoms with Gasteiger partial charge in [-0.25, -0.2) is 4.79 Å². The smallest absolute Gasteiger partial charge is 0.333 e. The van der Waals surface area contributed by atoms with Crippen LogP contribution in [-0.4, -0.2) is 20.9 Å². The fourth-order valence-corrected chi connectivity index (χ4v) is 1.69. The Hall–Kier alpha value is -1.65. The first-order valence-corrected chi connectivity index (χ1v) is 6.46. The molecule has 1 rings (SSSR count). The van der Waals surface area contributed by atoms with E-state index in [1.807, 2.05) is 0 Å². The van der Waals surface area contributed by atoms with Crippen LogP contribution in [0.25, 0.3) is 0 Å². The molecule has 0 atom stereocenters. The summed E-state index contributed by atoms with van der Waals surface area (Å²) < 4.78 is 0.722. The van der Waals surface area contributed by atoms with E-state index in [0.29, 0.717) is 6.42 Å². The van der Waals surface area contributed by atoms with Crippen molar-refractivity contribution in [2.24, 2.45) is 0 Å². The molecule has 0 unspecified atom stereocenters. The molecule has 0 saturated carbocycles. The van der Waals surface area contributed by atoms with Crippen LogP contribution in [-0.2, 0) is 4.79 Å². The topological polar surface area (TPSA) is 71.7 Å². The minimum atomic E-state index is -0.452. The molecule has 1 heterocycles. The van der Waals surface area contributed by atoms with E-state index in [4.69, 9.17) is 4.84 Å². The molecule has 102 valence electrons. The van der Waals surface area contributed by atoms with Crippen LogP contribution in [0.2, 0.25) is 0 Å². The Morgan fingerprint density at radius 1 is 1.11 bits per heavy atom. The molecule has 0 radical (unpaired) electrons. The van der Waals surface area contributed by atoms with Gasteiger partial charge in [0.15, 0.2) is 0 Å². The summed E-state index contributed by atoms with van der Waals surface area (Å²) in [5, 5.41) is 18.5. The van der Waals surface area contributed by atoms with Crippen LogP contribution in [0.4, 0.5) is 0 Å². The molecule has 0 fully saturated rings. The molecule has 0 spiro atoms. The molecule has 1 aromatic rings. The van der Waals surface area contributed by atoms with Gasteiger partial charge in [0.25, 0.3) is 0 Å². The number of rotatable bonds is 8. The van der Waals surface area contributed by atoms with Crippen molar-refractivity contribution in [2.45, 2.75) is 51.9 Å². The maximum atomic E-state index is 11.4. The van der Waals surface area contributed by atoms with Gasteiger partial charge in [-0.2, -0.15) is 0 Å². The highest BCUT2D eigenvalue weighted by atomic mass is 16.7. The number of hydrogen-bond donors (Lipinski definition) is 2. The zero-order valence-corrected chi connectivity index (χ0v) is 10.8. The fraction of sp³-hybridized carbons (Fsp3) is 0.615. The van der Waals surface area contributed by atoms with Crippen molar-refractivity contribution in [3.8, 4) is 11.8 Å². The van der Waals surface area contributed by atoms with Crippen molar-refractivity contribution in [3.05, 3.63) is 12.1 Å². The first-order chi connectivity index (χ1) is 8.65. The Kier molecular flexibility index (Phi) is 6.11. The molecule has 5 nitrogen and oxygen atoms in total. The van der Waals surface area contributed by atoms with E-state index in [9.17, 15) is 15.0 Å². The fourth-order valence-electron chi connectivity index (χ4n) is 1.69. The third-order valence-electron chi connectivity index (χ3n) is 2.73. The van der Waals surface area contributed by atoms with Crippen molar-refractivity contribution < 1.29 is 19.8 Å². The summed E-state index contributed by atoms with van der Waals surface area (Å²) in [6, 6.07) is 2.51. The summed E-state index contributed by atoms with van der Waals surface area (Å²) in [6.07, 6.45) is 6.82. The normalized spacial score (nSPS) is 10.5. The van der Waals surface area contributed by atoms with Crippen LogP contribution in [0.5, 0.6) is 11.8 Å². The SMILES string of the molecule is CCCCCCCCC(=O)On1c(O)ccc1O. The van der Waals surface area contributed by atoms with Crippen molar-refractivity contribution in [1.29, 1.82) is 0 Å². The third kappa shape index (κ3) is 4.69. The Labute approximate surface area is 107 Å². The van der Waals surface area contributed by atoms with Gasteiger partial charge in [0.05, 0.1) is 0 Å². The number of nitrogens with zero attached hydrogens (tertiary/aromatic N) is 1. The number of carbonyl (C=O) groups excluding carboxylic acids is 1. The first-order valence-electron chi connectivity index (χ1n) is 6.46. The second-order valence-corrected chi connectivity index (χ2v) is 4.33. The second-order valence-electron chi connectivity index (χ2n) is 4.33. The lowest BCUT2D eigenvalue weighted by molar-refractivity contribution is -0.145. The Bertz CT molecular complexity index is 354. The molecule has 5 heteroatoms. The van der Waals surface area contributed by atoms with Gasteiger partial charge in [0.1, 0.15) is 0 Å². The standard InChI is InChI=1S/C13H21NO4/c1-2-3-4-5-6-7-8-13(17)18-14-11(15)9-10-12(14)16/h9-10,15-16H,2-8H2,1H3. The average molecular weight is 255 g/mol. The average Bonchev–Trinajstić information content (AvgIpc) is 2.65. The van der Waals surface area contributed by atoms with E-state index in [2.05, 4.69) is 6.92 Å². The number of unbranched alkanes of at least 4 members (excludes halogenated alkanes) is 5. The zero-order chi connectivity index (χ0) is 13.4. The van der Waals surface area contributed by atoms with Crippen molar-refractivity contribution in [3.63, 3.8) is 0 Å². The van der Waals surface area contributed by atoms with Gasteiger partial charge in [0.2, 0.25) is 11.8 Å². The molecular formula is C13H21NO4. The first kappa shape index (κ1) is 14.4. The van der Waals surface area contributed by atoms with Crippen molar-refractivity contribution >= 4 is 5.97 Å². The summed E-state index contributed by atoms with van der Waals surface area (Å²) in [7, 11) is 0. The highest BCUT2D eigenvalue weighted by molar-refractivity contribution is 5.69. The quantitative estimate of drug-likeness (QED) is 0.700. The van der Waals surface area contributed by atoms with Gasteiger partial charge in [-0.3, -0.25) is 0 Å². The van der Waals surface area contributed by atoms with Crippen molar-refractivity contribution in [1.82, 2.24) is 4.73 Å². The van der Waals surface area contributed by atoms with Gasteiger partial charge in [-0.15, -0.1) is 4.73 Å². The van der Waals surface area contributed by atoms with Gasteiger partial charge in [-0.05, 0) is 6.42 Å². The predicted molar refractivity (Wildman–Crippen MR) is 67.3 cm³/mol. The van der Waals surface area contributed by atoms with Crippen LogP contribution >= 0.6 is 0 Å². The van der Waals surface area contributed by atoms with E-state index >= 15 is 0 Å². The molecule has 0 aliphatic heterocycles. The second kappa shape index (κ2) is 7.63. The lowest BCUT2D eigenvalue weighted by Gasteiger charge is -2.06. The molecule has 2 N–H and O–H groups in total. The number of aromatic hydroxyl groups is 2. The van der Waals surface area contributed by atoms with Crippen LogP contribution < -0.4 is 4.84 Å². The predicted octanol–water partition coefficient (Wildman–Crippen LogP) is 2.61. The number of hydrogen-bond acceptors (Lipinski definition) is 4. The zero-order valence-electron chi connectivity index (χ0n) is 10.8. The lowest BCUT2D eigenvalue weighted by atomic mass is 10.1. The summed E-state index contributed by atoms with van der Waals surface area (Å²) in [5.41, 5.74) is 0. The minimum Gasteiger partial charge on any atom is -0.492 e. The van der Waals surface area contributed by atoms with Crippen LogP contribution in [0.3, 0.4) is 0 Å². The lowest BCUT2D eigenvalue weighted by Crippen LogP contribution is -2.18. The summed E-state index contributed by atoms with van der Waals surface area (Å²) in [4.78, 5) is 16.3. The van der Waals surface area contributed by atoms with Gasteiger partial charge in [0, 0.05) is 18.6 Å². The molecular weight excluding hydrogens is 234 g/mol. The Morgan fingerprint density at radius 2 is 1.67 bits per heavy atom. The highest BCUT2D eigenvalue weighted by Gasteiger charge is 2.11. The summed E-state index contributed by atoms with van der Waals surface area (Å²) >= 11 is 0. The van der Waals surface area contributed by atoms with E-state index in [-0.39, 0.29) is 11.8 Å². The largest absolute Gasteiger partial charge is 0.492 e. The molecule has 18 heavy (non-hydrogen) atoms. The molecule has 1 aromatic heterocycles. The van der Waals surface area contributed by atoms with E-state index in [1.54, 1.807) is 0 Å². The molecule has 0 aromatic carbocycles. The Morgan fingerprint density at radius 3 is 2.28 bits per heavy atom. The summed E-state index contributed by atoms with van der Waals surface area (Å²) in [5.74, 6) is -1.03. The number of carbonyl (C=O) groups is 1. The van der Waals surface area contributed by atoms with Gasteiger partial charge < -0.3 is 15.1 Å². The third-order valence-corrected chi connectivity index (χ3v) is 2.73.